The molecule has 4 fully saturated rings. The molecule has 0 amide bonds. The third kappa shape index (κ3) is 3.49. The lowest BCUT2D eigenvalue weighted by molar-refractivity contribution is -0.210. The summed E-state index contributed by atoms with van der Waals surface area (Å²) in [6.07, 6.45) is 1.53. The minimum Gasteiger partial charge on any atom is -0.390 e. The van der Waals surface area contributed by atoms with Crippen LogP contribution in [-0.4, -0.2) is 57.7 Å². The smallest absolute Gasteiger partial charge is 0.198 e. The summed E-state index contributed by atoms with van der Waals surface area (Å²) in [7, 11) is 0. The van der Waals surface area contributed by atoms with Crippen LogP contribution in [0.1, 0.15) is 38.7 Å². The van der Waals surface area contributed by atoms with Gasteiger partial charge >= 0.3 is 0 Å². The topological polar surface area (TPSA) is 81.4 Å². The summed E-state index contributed by atoms with van der Waals surface area (Å²) in [6.45, 7) is 5.39. The Morgan fingerprint density at radius 1 is 1.23 bits per heavy atom. The summed E-state index contributed by atoms with van der Waals surface area (Å²) in [6, 6.07) is 12.1. The number of carbonyl (C=O) groups excluding carboxylic acids is 2. The van der Waals surface area contributed by atoms with Gasteiger partial charge in [0.15, 0.2) is 16.6 Å². The monoisotopic (exact) mass is 552 g/mol. The van der Waals surface area contributed by atoms with Crippen LogP contribution in [0.15, 0.2) is 54.1 Å². The largest absolute Gasteiger partial charge is 0.390 e. The molecule has 0 spiro atoms. The molecule has 0 bridgehead atoms. The van der Waals surface area contributed by atoms with Crippen molar-refractivity contribution in [3.8, 4) is 6.07 Å². The number of thioether (sulfide) groups is 1. The molecule has 5 aliphatic rings. The van der Waals surface area contributed by atoms with Crippen molar-refractivity contribution in [3.63, 3.8) is 0 Å². The van der Waals surface area contributed by atoms with Gasteiger partial charge in [-0.2, -0.15) is 5.26 Å². The molecule has 1 aliphatic heterocycles. The number of nitrogens with zero attached hydrogens (tertiary/aromatic N) is 2. The van der Waals surface area contributed by atoms with E-state index in [1.165, 1.54) is 18.2 Å². The quantitative estimate of drug-likeness (QED) is 0.577. The highest BCUT2D eigenvalue weighted by molar-refractivity contribution is 8.13. The van der Waals surface area contributed by atoms with E-state index in [2.05, 4.69) is 23.1 Å². The zero-order valence-electron chi connectivity index (χ0n) is 22.3. The highest BCUT2D eigenvalue weighted by Crippen LogP contribution is 2.75. The first-order chi connectivity index (χ1) is 18.5. The predicted molar refractivity (Wildman–Crippen MR) is 145 cm³/mol. The van der Waals surface area contributed by atoms with Crippen LogP contribution in [0.25, 0.3) is 0 Å². The van der Waals surface area contributed by atoms with Crippen molar-refractivity contribution in [2.24, 2.45) is 34.0 Å². The van der Waals surface area contributed by atoms with Gasteiger partial charge in [0.2, 0.25) is 0 Å². The number of aliphatic hydroxyl groups is 1. The van der Waals surface area contributed by atoms with Gasteiger partial charge in [0.1, 0.15) is 6.17 Å². The van der Waals surface area contributed by atoms with Crippen molar-refractivity contribution >= 4 is 22.7 Å². The molecular weight excluding hydrogens is 518 g/mol. The van der Waals surface area contributed by atoms with Crippen molar-refractivity contribution in [1.82, 2.24) is 4.90 Å². The van der Waals surface area contributed by atoms with E-state index in [9.17, 15) is 20.0 Å². The molecule has 1 saturated heterocycles. The molecule has 1 aromatic rings. The number of nitriles is 1. The third-order valence-electron chi connectivity index (χ3n) is 11.1. The first kappa shape index (κ1) is 26.9. The molecule has 1 aromatic carbocycles. The highest BCUT2D eigenvalue weighted by Gasteiger charge is 2.78. The van der Waals surface area contributed by atoms with Gasteiger partial charge in [-0.05, 0) is 66.7 Å². The first-order valence-electron chi connectivity index (χ1n) is 13.8. The summed E-state index contributed by atoms with van der Waals surface area (Å²) in [5, 5.41) is 20.9. The molecule has 1 N–H and O–H groups in total. The molecule has 1 heterocycles. The number of alkyl halides is 2. The molecule has 0 radical (unpaired) electrons. The number of benzene rings is 1. The van der Waals surface area contributed by atoms with E-state index in [0.29, 0.717) is 26.1 Å². The molecule has 5 nitrogen and oxygen atoms in total. The molecule has 4 aliphatic carbocycles. The van der Waals surface area contributed by atoms with E-state index in [-0.39, 0.29) is 46.9 Å². The number of carbonyl (C=O) groups is 2. The molecule has 206 valence electrons. The van der Waals surface area contributed by atoms with Crippen LogP contribution < -0.4 is 0 Å². The number of ketones is 1. The summed E-state index contributed by atoms with van der Waals surface area (Å²) >= 11 is 1.02. The van der Waals surface area contributed by atoms with Gasteiger partial charge in [-0.1, -0.05) is 55.1 Å². The van der Waals surface area contributed by atoms with Gasteiger partial charge in [0.25, 0.3) is 0 Å². The Bertz CT molecular complexity index is 1310. The molecule has 0 unspecified atom stereocenters. The van der Waals surface area contributed by atoms with E-state index >= 15 is 8.78 Å². The number of allylic oxidation sites excluding steroid dienone is 4. The Kier molecular flexibility index (Phi) is 6.26. The van der Waals surface area contributed by atoms with Gasteiger partial charge < -0.3 is 5.11 Å². The number of fused-ring (bicyclic) bond motifs is 7. The molecule has 0 aromatic heterocycles. The van der Waals surface area contributed by atoms with Crippen LogP contribution >= 0.6 is 11.8 Å². The van der Waals surface area contributed by atoms with Gasteiger partial charge in [0.05, 0.1) is 23.3 Å². The Morgan fingerprint density at radius 3 is 2.69 bits per heavy atom. The minimum atomic E-state index is -2.16. The fourth-order valence-corrected chi connectivity index (χ4v) is 10.3. The highest BCUT2D eigenvalue weighted by atomic mass is 32.2. The van der Waals surface area contributed by atoms with Crippen LogP contribution in [0.4, 0.5) is 8.78 Å². The number of likely N-dealkylation sites (tertiary alicyclic amines) is 1. The van der Waals surface area contributed by atoms with Gasteiger partial charge in [-0.25, -0.2) is 8.78 Å². The van der Waals surface area contributed by atoms with Crippen molar-refractivity contribution in [2.45, 2.75) is 57.6 Å². The maximum absolute atomic E-state index is 17.5. The fourth-order valence-electron chi connectivity index (χ4n) is 9.40. The molecule has 6 rings (SSSR count). The first-order valence-corrected chi connectivity index (χ1v) is 14.8. The standard InChI is InChI=1S/C31H34F2N2O3S/c1-28-9-8-21(36)13-24(28)25(32)14-23-22-12-20-17-35(16-19-6-4-3-5-7-19)18-30(20,27(38)39-11-10-34)29(22,2)15-26(37)31(23,28)33/h3-9,13,20,22-23,25-26,37H,11-12,14-18H2,1-2H3/t20-,22-,23-,25-,26-,28-,29-,30+,31-/m0/s1. The van der Waals surface area contributed by atoms with Crippen LogP contribution in [0.3, 0.4) is 0 Å². The van der Waals surface area contributed by atoms with Crippen molar-refractivity contribution in [2.75, 3.05) is 18.8 Å². The Hall–Kier alpha value is -2.34. The van der Waals surface area contributed by atoms with Gasteiger partial charge in [-0.15, -0.1) is 0 Å². The lowest BCUT2D eigenvalue weighted by Crippen LogP contribution is -2.69. The summed E-state index contributed by atoms with van der Waals surface area (Å²) in [5.74, 6) is -1.54. The molecule has 39 heavy (non-hydrogen) atoms. The SMILES string of the molecule is C[C@]12C=CC(=O)C=C1[C@@H](F)C[C@H]1[C@@H]3C[C@H]4CN(Cc5ccccc5)C[C@@]4(C(=O)SCC#N)[C@@]3(C)C[C@H](O)[C@@]12F. The lowest BCUT2D eigenvalue weighted by Gasteiger charge is -2.63. The van der Waals surface area contributed by atoms with E-state index in [1.807, 2.05) is 25.1 Å². The second-order valence-corrected chi connectivity index (χ2v) is 13.6. The van der Waals surface area contributed by atoms with E-state index in [1.54, 1.807) is 6.92 Å². The summed E-state index contributed by atoms with van der Waals surface area (Å²) in [4.78, 5) is 28.5. The predicted octanol–water partition coefficient (Wildman–Crippen LogP) is 4.82. The Labute approximate surface area is 232 Å². The number of rotatable bonds is 4. The van der Waals surface area contributed by atoms with Gasteiger partial charge in [0, 0.05) is 31.0 Å². The second kappa shape index (κ2) is 9.09. The van der Waals surface area contributed by atoms with Crippen LogP contribution in [0.5, 0.6) is 0 Å². The molecule has 8 heteroatoms. The van der Waals surface area contributed by atoms with E-state index in [0.717, 1.165) is 17.3 Å². The van der Waals surface area contributed by atoms with E-state index in [4.69, 9.17) is 0 Å². The second-order valence-electron chi connectivity index (χ2n) is 12.7. The summed E-state index contributed by atoms with van der Waals surface area (Å²) in [5.41, 5.74) is -4.00. The van der Waals surface area contributed by atoms with Crippen LogP contribution in [0, 0.1) is 45.3 Å². The Balaban J connectivity index is 1.41. The normalized spacial score (nSPS) is 44.6. The van der Waals surface area contributed by atoms with E-state index < -0.39 is 40.1 Å². The number of hydrogen-bond donors (Lipinski definition) is 1. The zero-order valence-corrected chi connectivity index (χ0v) is 23.1. The number of hydrogen-bond acceptors (Lipinski definition) is 6. The minimum absolute atomic E-state index is 0.0311. The Morgan fingerprint density at radius 2 is 1.97 bits per heavy atom. The molecule has 3 saturated carbocycles. The van der Waals surface area contributed by atoms with Crippen molar-refractivity contribution in [1.29, 1.82) is 5.26 Å². The van der Waals surface area contributed by atoms with Gasteiger partial charge in [-0.3, -0.25) is 14.5 Å². The van der Waals surface area contributed by atoms with Crippen molar-refractivity contribution < 1.29 is 23.5 Å². The maximum Gasteiger partial charge on any atom is 0.198 e. The van der Waals surface area contributed by atoms with Crippen molar-refractivity contribution in [3.05, 3.63) is 59.7 Å². The summed E-state index contributed by atoms with van der Waals surface area (Å²) < 4.78 is 33.3. The lowest BCUT2D eigenvalue weighted by atomic mass is 9.43. The molecule has 9 atom stereocenters. The molecular formula is C31H34F2N2O3S. The fraction of sp³-hybridized carbons (Fsp3) is 0.581. The zero-order chi connectivity index (χ0) is 27.8. The average molecular weight is 553 g/mol. The number of aliphatic hydroxyl groups excluding tert-OH is 1. The maximum atomic E-state index is 17.5. The van der Waals surface area contributed by atoms with Crippen LogP contribution in [0.2, 0.25) is 0 Å². The third-order valence-corrected chi connectivity index (χ3v) is 12.0. The average Bonchev–Trinajstić information content (AvgIpc) is 3.38. The number of halogens is 2. The van der Waals surface area contributed by atoms with Crippen LogP contribution in [-0.2, 0) is 16.1 Å².